The third-order valence-electron chi connectivity index (χ3n) is 38.9. The molecule has 680 valence electrons. The highest BCUT2D eigenvalue weighted by Crippen LogP contribution is 2.74. The van der Waals surface area contributed by atoms with Gasteiger partial charge in [-0.1, -0.05) is 400 Å². The minimum Gasteiger partial charge on any atom is -0.0622 e. The van der Waals surface area contributed by atoms with E-state index in [-0.39, 0.29) is 16.2 Å². The van der Waals surface area contributed by atoms with Gasteiger partial charge in [0.15, 0.2) is 0 Å². The average Bonchev–Trinajstić information content (AvgIpc) is 1.52. The van der Waals surface area contributed by atoms with Crippen LogP contribution in [0.1, 0.15) is 130 Å². The summed E-state index contributed by atoms with van der Waals surface area (Å²) >= 11 is 0. The third kappa shape index (κ3) is 11.9. The van der Waals surface area contributed by atoms with Crippen molar-refractivity contribution in [1.29, 1.82) is 0 Å². The molecule has 0 aromatic heterocycles. The number of rotatable bonds is 8. The summed E-state index contributed by atoms with van der Waals surface area (Å²) in [5.74, 6) is 10.3. The number of benzene rings is 21. The van der Waals surface area contributed by atoms with Crippen LogP contribution in [-0.4, -0.2) is 0 Å². The second kappa shape index (κ2) is 31.7. The first kappa shape index (κ1) is 82.2. The van der Waals surface area contributed by atoms with Crippen LogP contribution in [0.3, 0.4) is 0 Å². The summed E-state index contributed by atoms with van der Waals surface area (Å²) in [5.41, 5.74) is 40.4. The van der Waals surface area contributed by atoms with Crippen LogP contribution in [0.4, 0.5) is 0 Å². The SMILES string of the molecule is c1ccc(-c2ccc(-c3c4ccccc4c(-c4ccc5c(c4)C4(c6ccccc6-5)C5CC6CC(C5)CC4C6)c4ccccc34)cc2)cc1.c1ccc(-c2ccccc2-c2c3ccccc3c(-c3ccc4c(c3)C3(c5ccccc5-4)C4CC5CC(C4)CC3C5)c3ccccc23)cc1.c1ccc2c(c1)-c1ccc(-c3c4ccccc4c(-c4ccc5ccccc5c4)c4ccccc34)cc1C21C2CC3CC(C2)CC1C3. The summed E-state index contributed by atoms with van der Waals surface area (Å²) in [5, 5.41) is 18.6. The van der Waals surface area contributed by atoms with E-state index in [9.17, 15) is 0 Å². The monoisotopic (exact) mass is 1820 g/mol. The van der Waals surface area contributed by atoms with E-state index in [1.54, 1.807) is 33.4 Å². The molecule has 0 amide bonds. The van der Waals surface area contributed by atoms with Crippen molar-refractivity contribution in [2.75, 3.05) is 0 Å². The molecule has 15 aliphatic carbocycles. The minimum absolute atomic E-state index is 0.162. The zero-order chi connectivity index (χ0) is 92.8. The van der Waals surface area contributed by atoms with Gasteiger partial charge in [-0.2, -0.15) is 0 Å². The largest absolute Gasteiger partial charge is 0.0622 e. The number of fused-ring (bicyclic) bond motifs is 16. The van der Waals surface area contributed by atoms with E-state index in [2.05, 4.69) is 425 Å². The lowest BCUT2D eigenvalue weighted by molar-refractivity contribution is -0.0399. The van der Waals surface area contributed by atoms with Crippen molar-refractivity contribution >= 4 is 75.4 Å². The van der Waals surface area contributed by atoms with Crippen LogP contribution in [-0.2, 0) is 16.2 Å². The van der Waals surface area contributed by atoms with E-state index in [4.69, 9.17) is 0 Å². The first-order valence-corrected chi connectivity index (χ1v) is 53.7. The molecule has 0 unspecified atom stereocenters. The summed E-state index contributed by atoms with van der Waals surface area (Å²) in [6, 6.07) is 162. The van der Waals surface area contributed by atoms with Gasteiger partial charge in [-0.3, -0.25) is 0 Å². The molecule has 0 radical (unpaired) electrons. The molecule has 0 nitrogen and oxygen atoms in total. The van der Waals surface area contributed by atoms with Crippen molar-refractivity contribution in [2.24, 2.45) is 71.0 Å². The molecule has 0 heterocycles. The maximum Gasteiger partial charge on any atom is 0.0272 e. The lowest BCUT2D eigenvalue weighted by Crippen LogP contribution is -2.55. The van der Waals surface area contributed by atoms with E-state index in [0.29, 0.717) is 0 Å². The third-order valence-corrected chi connectivity index (χ3v) is 38.9. The summed E-state index contributed by atoms with van der Waals surface area (Å²) in [7, 11) is 0. The normalized spacial score (nSPS) is 25.0. The van der Waals surface area contributed by atoms with E-state index < -0.39 is 0 Å². The molecule has 0 heteroatoms. The average molecular weight is 1820 g/mol. The highest BCUT2D eigenvalue weighted by Gasteiger charge is 2.65. The van der Waals surface area contributed by atoms with Gasteiger partial charge in [0.05, 0.1) is 0 Å². The van der Waals surface area contributed by atoms with Crippen molar-refractivity contribution in [3.63, 3.8) is 0 Å². The Hall–Kier alpha value is -14.6. The van der Waals surface area contributed by atoms with Gasteiger partial charge >= 0.3 is 0 Å². The lowest BCUT2D eigenvalue weighted by atomic mass is 9.43. The van der Waals surface area contributed by atoms with Gasteiger partial charge in [-0.25, -0.2) is 0 Å². The molecule has 21 aromatic carbocycles. The van der Waals surface area contributed by atoms with E-state index in [1.807, 2.05) is 0 Å². The molecule has 21 aromatic rings. The summed E-state index contributed by atoms with van der Waals surface area (Å²) < 4.78 is 0. The van der Waals surface area contributed by atoms with Crippen LogP contribution >= 0.6 is 0 Å². The minimum atomic E-state index is 0.162. The lowest BCUT2D eigenvalue weighted by Gasteiger charge is -2.61. The molecule has 0 atom stereocenters. The molecule has 15 aliphatic rings. The molecule has 12 saturated carbocycles. The molecular weight excluding hydrogens is 1710 g/mol. The maximum atomic E-state index is 2.67. The predicted molar refractivity (Wildman–Crippen MR) is 595 cm³/mol. The molecule has 0 saturated heterocycles. The Bertz CT molecular complexity index is 8560. The molecule has 142 heavy (non-hydrogen) atoms. The standard InChI is InChI=1S/2C48H38.C46H36/c1-2-10-32(11-3-1)33-18-20-34(21-19-33)46-40-13-4-6-15-42(40)47(43-16-7-5-14-41(43)46)35-22-23-39-38-12-8-9-17-44(38)48(45(39)29-35)36-25-30-24-31(27-36)28-37(48)26-30;1-2-12-32(13-3-1)36-14-4-5-16-39(36)47-42-19-8-6-17-40(42)46(41-18-7-9-20-43(41)47)33-22-23-38-37-15-10-11-21-44(37)48(45(38)29-33)34-25-30-24-31(27-34)28-35(48)26-30;1-2-10-31-26-32(18-17-30(31)9-1)44-38-12-3-5-14-40(38)45(41-15-6-4-13-39(41)44)33-19-20-37-36-11-7-8-16-42(36)46(43(37)27-33)34-22-28-21-29(24-34)25-35(46)23-28/h1-23,29-31,36-37H,24-28H2;1-23,29-31,34-35H,24-28H2;1-20,26-29,34-35H,21-25H2. The summed E-state index contributed by atoms with van der Waals surface area (Å²) in [6.45, 7) is 0. The van der Waals surface area contributed by atoms with Crippen molar-refractivity contribution < 1.29 is 0 Å². The fourth-order valence-electron chi connectivity index (χ4n) is 34.5. The second-order valence-corrected chi connectivity index (χ2v) is 45.4. The van der Waals surface area contributed by atoms with Crippen molar-refractivity contribution in [2.45, 2.75) is 113 Å². The topological polar surface area (TPSA) is 0 Å². The Morgan fingerprint density at radius 1 is 0.127 bits per heavy atom. The maximum absolute atomic E-state index is 2.67. The first-order valence-electron chi connectivity index (χ1n) is 53.7. The van der Waals surface area contributed by atoms with Crippen LogP contribution in [0, 0.1) is 71.0 Å². The van der Waals surface area contributed by atoms with E-state index >= 15 is 0 Å². The fourth-order valence-corrected chi connectivity index (χ4v) is 34.5. The van der Waals surface area contributed by atoms with Crippen LogP contribution < -0.4 is 0 Å². The number of hydrogen-bond donors (Lipinski definition) is 0. The van der Waals surface area contributed by atoms with Crippen LogP contribution in [0.5, 0.6) is 0 Å². The van der Waals surface area contributed by atoms with Crippen LogP contribution in [0.15, 0.2) is 425 Å². The molecule has 3 spiro atoms. The predicted octanol–water partition coefficient (Wildman–Crippen LogP) is 37.6. The van der Waals surface area contributed by atoms with E-state index in [0.717, 1.165) is 71.0 Å². The Morgan fingerprint density at radius 2 is 0.345 bits per heavy atom. The Labute approximate surface area is 833 Å². The van der Waals surface area contributed by atoms with Crippen LogP contribution in [0.2, 0.25) is 0 Å². The Morgan fingerprint density at radius 3 is 0.676 bits per heavy atom. The van der Waals surface area contributed by atoms with Gasteiger partial charge in [0.1, 0.15) is 0 Å². The molecule has 12 bridgehead atoms. The summed E-state index contributed by atoms with van der Waals surface area (Å²) in [6.07, 6.45) is 21.4. The van der Waals surface area contributed by atoms with Gasteiger partial charge in [-0.15, -0.1) is 0 Å². The van der Waals surface area contributed by atoms with Gasteiger partial charge in [0.2, 0.25) is 0 Å². The quantitative estimate of drug-likeness (QED) is 0.133. The van der Waals surface area contributed by atoms with E-state index in [1.165, 1.54) is 294 Å². The van der Waals surface area contributed by atoms with Gasteiger partial charge < -0.3 is 0 Å². The first-order chi connectivity index (χ1) is 70.3. The van der Waals surface area contributed by atoms with Crippen LogP contribution in [0.25, 0.3) is 198 Å². The molecular formula is C142H112. The highest BCUT2D eigenvalue weighted by atomic mass is 14.7. The smallest absolute Gasteiger partial charge is 0.0272 e. The fraction of sp³-hybridized carbons (Fsp3) is 0.211. The molecule has 12 fully saturated rings. The van der Waals surface area contributed by atoms with Crippen molar-refractivity contribution in [3.8, 4) is 122 Å². The second-order valence-electron chi connectivity index (χ2n) is 45.4. The van der Waals surface area contributed by atoms with Gasteiger partial charge in [-0.05, 0) is 423 Å². The zero-order valence-corrected chi connectivity index (χ0v) is 80.4. The van der Waals surface area contributed by atoms with Crippen molar-refractivity contribution in [3.05, 3.63) is 458 Å². The van der Waals surface area contributed by atoms with Gasteiger partial charge in [0, 0.05) is 16.2 Å². The Balaban J connectivity index is 0.0000000977. The zero-order valence-electron chi connectivity index (χ0n) is 80.4. The summed E-state index contributed by atoms with van der Waals surface area (Å²) in [4.78, 5) is 0. The highest BCUT2D eigenvalue weighted by molar-refractivity contribution is 6.25. The molecule has 36 rings (SSSR count). The Kier molecular flexibility index (Phi) is 18.4. The van der Waals surface area contributed by atoms with Gasteiger partial charge in [0.25, 0.3) is 0 Å². The van der Waals surface area contributed by atoms with Crippen molar-refractivity contribution in [1.82, 2.24) is 0 Å². The number of hydrogen-bond acceptors (Lipinski definition) is 0. The molecule has 0 aliphatic heterocycles. The molecule has 0 N–H and O–H groups in total.